The van der Waals surface area contributed by atoms with Gasteiger partial charge in [-0.05, 0) is 18.4 Å². The Morgan fingerprint density at radius 1 is 1.85 bits per heavy atom. The van der Waals surface area contributed by atoms with Crippen LogP contribution in [0.25, 0.3) is 0 Å². The van der Waals surface area contributed by atoms with Crippen molar-refractivity contribution >= 4 is 5.97 Å². The number of hydrogen-bond acceptors (Lipinski definition) is 3. The molecule has 0 aromatic carbocycles. The third-order valence-electron chi connectivity index (χ3n) is 1.82. The smallest absolute Gasteiger partial charge is 0.320 e. The van der Waals surface area contributed by atoms with Crippen LogP contribution in [-0.2, 0) is 18.3 Å². The Kier molecular flexibility index (Phi) is 3.02. The number of carboxylic acids is 1. The first kappa shape index (κ1) is 9.73. The van der Waals surface area contributed by atoms with Crippen molar-refractivity contribution in [1.82, 2.24) is 9.78 Å². The summed E-state index contributed by atoms with van der Waals surface area (Å²) in [5.74, 6) is -0.955. The molecule has 0 bridgehead atoms. The number of hydrogen-bond donors (Lipinski definition) is 2. The van der Waals surface area contributed by atoms with Gasteiger partial charge in [0.2, 0.25) is 0 Å². The lowest BCUT2D eigenvalue weighted by Crippen LogP contribution is -2.30. The van der Waals surface area contributed by atoms with Gasteiger partial charge in [-0.25, -0.2) is 0 Å². The summed E-state index contributed by atoms with van der Waals surface area (Å²) in [5.41, 5.74) is 6.36. The van der Waals surface area contributed by atoms with Gasteiger partial charge >= 0.3 is 5.97 Å². The van der Waals surface area contributed by atoms with Crippen molar-refractivity contribution in [3.05, 3.63) is 18.0 Å². The third-order valence-corrected chi connectivity index (χ3v) is 1.82. The van der Waals surface area contributed by atoms with Crippen molar-refractivity contribution in [1.29, 1.82) is 0 Å². The van der Waals surface area contributed by atoms with Crippen LogP contribution in [0.1, 0.15) is 12.0 Å². The average Bonchev–Trinajstić information content (AvgIpc) is 2.47. The van der Waals surface area contributed by atoms with Crippen molar-refractivity contribution in [2.75, 3.05) is 0 Å². The molecule has 1 rings (SSSR count). The lowest BCUT2D eigenvalue weighted by Gasteiger charge is -2.03. The van der Waals surface area contributed by atoms with Gasteiger partial charge in [0.1, 0.15) is 6.04 Å². The van der Waals surface area contributed by atoms with Crippen molar-refractivity contribution in [3.63, 3.8) is 0 Å². The molecular weight excluding hydrogens is 170 g/mol. The van der Waals surface area contributed by atoms with Crippen molar-refractivity contribution in [2.45, 2.75) is 18.9 Å². The van der Waals surface area contributed by atoms with E-state index >= 15 is 0 Å². The monoisotopic (exact) mass is 183 g/mol. The maximum Gasteiger partial charge on any atom is 0.320 e. The Morgan fingerprint density at radius 2 is 2.54 bits per heavy atom. The molecule has 0 saturated carbocycles. The molecule has 1 atom stereocenters. The maximum atomic E-state index is 10.4. The zero-order valence-electron chi connectivity index (χ0n) is 7.47. The number of aryl methyl sites for hydroxylation is 2. The van der Waals surface area contributed by atoms with Gasteiger partial charge in [-0.3, -0.25) is 9.48 Å². The van der Waals surface area contributed by atoms with Gasteiger partial charge in [0, 0.05) is 13.2 Å². The van der Waals surface area contributed by atoms with Gasteiger partial charge in [-0.1, -0.05) is 0 Å². The molecule has 3 N–H and O–H groups in total. The first-order chi connectivity index (χ1) is 6.09. The van der Waals surface area contributed by atoms with Gasteiger partial charge in [-0.15, -0.1) is 0 Å². The minimum absolute atomic E-state index is 0.445. The van der Waals surface area contributed by atoms with Crippen molar-refractivity contribution < 1.29 is 9.90 Å². The number of carbonyl (C=O) groups is 1. The number of aromatic nitrogens is 2. The average molecular weight is 183 g/mol. The number of aliphatic carboxylic acids is 1. The van der Waals surface area contributed by atoms with E-state index in [1.807, 2.05) is 13.2 Å². The Balaban J connectivity index is 2.39. The second kappa shape index (κ2) is 4.04. The first-order valence-electron chi connectivity index (χ1n) is 4.05. The molecule has 0 spiro atoms. The fraction of sp³-hybridized carbons (Fsp3) is 0.500. The van der Waals surface area contributed by atoms with E-state index in [4.69, 9.17) is 10.8 Å². The molecule has 1 unspecified atom stereocenters. The number of nitrogens with two attached hydrogens (primary N) is 1. The van der Waals surface area contributed by atoms with Crippen LogP contribution in [0.4, 0.5) is 0 Å². The van der Waals surface area contributed by atoms with Crippen LogP contribution in [0.3, 0.4) is 0 Å². The number of carboxylic acid groups (broad SMARTS) is 1. The summed E-state index contributed by atoms with van der Waals surface area (Å²) >= 11 is 0. The summed E-state index contributed by atoms with van der Waals surface area (Å²) in [6.07, 6.45) is 4.67. The van der Waals surface area contributed by atoms with Gasteiger partial charge in [0.25, 0.3) is 0 Å². The van der Waals surface area contributed by atoms with Gasteiger partial charge in [0.05, 0.1) is 6.20 Å². The number of nitrogens with zero attached hydrogens (tertiary/aromatic N) is 2. The highest BCUT2D eigenvalue weighted by atomic mass is 16.4. The van der Waals surface area contributed by atoms with E-state index in [2.05, 4.69) is 5.10 Å². The van der Waals surface area contributed by atoms with Crippen LogP contribution < -0.4 is 5.73 Å². The molecule has 13 heavy (non-hydrogen) atoms. The van der Waals surface area contributed by atoms with Crippen LogP contribution in [0.15, 0.2) is 12.4 Å². The topological polar surface area (TPSA) is 81.1 Å². The zero-order valence-corrected chi connectivity index (χ0v) is 7.47. The van der Waals surface area contributed by atoms with Crippen molar-refractivity contribution in [3.8, 4) is 0 Å². The molecule has 0 aliphatic heterocycles. The molecule has 0 aliphatic rings. The summed E-state index contributed by atoms with van der Waals surface area (Å²) < 4.78 is 1.68. The fourth-order valence-corrected chi connectivity index (χ4v) is 1.05. The molecule has 72 valence electrons. The molecule has 0 amide bonds. The van der Waals surface area contributed by atoms with E-state index in [0.717, 1.165) is 5.56 Å². The van der Waals surface area contributed by atoms with Crippen LogP contribution in [-0.4, -0.2) is 26.9 Å². The Hall–Kier alpha value is -1.36. The summed E-state index contributed by atoms with van der Waals surface area (Å²) in [5, 5.41) is 12.5. The van der Waals surface area contributed by atoms with Crippen molar-refractivity contribution in [2.24, 2.45) is 12.8 Å². The van der Waals surface area contributed by atoms with E-state index in [1.165, 1.54) is 0 Å². The van der Waals surface area contributed by atoms with Gasteiger partial charge < -0.3 is 10.8 Å². The summed E-state index contributed by atoms with van der Waals surface area (Å²) in [6, 6.07) is -0.778. The highest BCUT2D eigenvalue weighted by Crippen LogP contribution is 2.02. The summed E-state index contributed by atoms with van der Waals surface area (Å²) in [4.78, 5) is 10.4. The van der Waals surface area contributed by atoms with E-state index in [0.29, 0.717) is 12.8 Å². The molecule has 1 heterocycles. The highest BCUT2D eigenvalue weighted by molar-refractivity contribution is 5.73. The molecule has 1 aromatic heterocycles. The predicted molar refractivity (Wildman–Crippen MR) is 47.1 cm³/mol. The molecule has 0 saturated heterocycles. The molecule has 0 radical (unpaired) electrons. The minimum Gasteiger partial charge on any atom is -0.480 e. The third kappa shape index (κ3) is 2.87. The summed E-state index contributed by atoms with van der Waals surface area (Å²) in [7, 11) is 1.82. The van der Waals surface area contributed by atoms with E-state index in [1.54, 1.807) is 10.9 Å². The molecule has 0 aliphatic carbocycles. The Bertz CT molecular complexity index is 295. The van der Waals surface area contributed by atoms with Crippen LogP contribution >= 0.6 is 0 Å². The lowest BCUT2D eigenvalue weighted by atomic mass is 10.1. The molecule has 5 heteroatoms. The molecular formula is C8H13N3O2. The Labute approximate surface area is 76.2 Å². The van der Waals surface area contributed by atoms with Crippen LogP contribution in [0.2, 0.25) is 0 Å². The lowest BCUT2D eigenvalue weighted by molar-refractivity contribution is -0.138. The first-order valence-corrected chi connectivity index (χ1v) is 4.05. The van der Waals surface area contributed by atoms with Gasteiger partial charge in [0.15, 0.2) is 0 Å². The second-order valence-corrected chi connectivity index (χ2v) is 3.01. The normalized spacial score (nSPS) is 12.8. The highest BCUT2D eigenvalue weighted by Gasteiger charge is 2.11. The largest absolute Gasteiger partial charge is 0.480 e. The quantitative estimate of drug-likeness (QED) is 0.675. The fourth-order valence-electron chi connectivity index (χ4n) is 1.05. The number of rotatable bonds is 4. The minimum atomic E-state index is -0.955. The zero-order chi connectivity index (χ0) is 9.84. The second-order valence-electron chi connectivity index (χ2n) is 3.01. The standard InChI is InChI=1S/C8H13N3O2/c1-11-5-6(4-10-11)2-3-7(9)8(12)13/h4-5,7H,2-3,9H2,1H3,(H,12,13). The van der Waals surface area contributed by atoms with Gasteiger partial charge in [-0.2, -0.15) is 5.10 Å². The van der Waals surface area contributed by atoms with E-state index in [9.17, 15) is 4.79 Å². The van der Waals surface area contributed by atoms with E-state index in [-0.39, 0.29) is 0 Å². The van der Waals surface area contributed by atoms with E-state index < -0.39 is 12.0 Å². The maximum absolute atomic E-state index is 10.4. The van der Waals surface area contributed by atoms with Crippen LogP contribution in [0, 0.1) is 0 Å². The summed E-state index contributed by atoms with van der Waals surface area (Å²) in [6.45, 7) is 0. The molecule has 1 aromatic rings. The van der Waals surface area contributed by atoms with Crippen LogP contribution in [0.5, 0.6) is 0 Å². The predicted octanol–water partition coefficient (Wildman–Crippen LogP) is -0.235. The SMILES string of the molecule is Cn1cc(CCC(N)C(=O)O)cn1. The molecule has 5 nitrogen and oxygen atoms in total. The molecule has 0 fully saturated rings. The Morgan fingerprint density at radius 3 is 3.00 bits per heavy atom.